The maximum atomic E-state index is 13.5. The number of thioether (sulfide) groups is 1. The fourth-order valence-corrected chi connectivity index (χ4v) is 5.30. The van der Waals surface area contributed by atoms with Gasteiger partial charge in [-0.15, -0.1) is 0 Å². The molecular formula is C29H27N3O7S. The first-order valence-electron chi connectivity index (χ1n) is 12.6. The highest BCUT2D eigenvalue weighted by Crippen LogP contribution is 2.36. The number of amides is 2. The minimum absolute atomic E-state index is 0.0532. The molecule has 0 saturated carbocycles. The van der Waals surface area contributed by atoms with Gasteiger partial charge >= 0.3 is 5.97 Å². The lowest BCUT2D eigenvalue weighted by Crippen LogP contribution is -2.33. The number of esters is 1. The van der Waals surface area contributed by atoms with Gasteiger partial charge in [0, 0.05) is 12.1 Å². The summed E-state index contributed by atoms with van der Waals surface area (Å²) in [5.41, 5.74) is 2.39. The number of anilines is 1. The highest BCUT2D eigenvalue weighted by atomic mass is 32.2. The fourth-order valence-electron chi connectivity index (χ4n) is 4.14. The van der Waals surface area contributed by atoms with E-state index in [9.17, 15) is 14.4 Å². The lowest BCUT2D eigenvalue weighted by molar-refractivity contribution is -0.128. The van der Waals surface area contributed by atoms with Crippen molar-refractivity contribution in [3.05, 3.63) is 77.9 Å². The molecule has 2 aliphatic rings. The van der Waals surface area contributed by atoms with Gasteiger partial charge in [-0.05, 0) is 73.2 Å². The second-order valence-corrected chi connectivity index (χ2v) is 10.0. The lowest BCUT2D eigenvalue weighted by atomic mass is 10.1. The van der Waals surface area contributed by atoms with Gasteiger partial charge in [0.05, 0.1) is 31.5 Å². The molecule has 1 atom stereocenters. The third kappa shape index (κ3) is 6.20. The molecule has 0 bridgehead atoms. The molecule has 5 rings (SSSR count). The Bertz CT molecular complexity index is 1440. The summed E-state index contributed by atoms with van der Waals surface area (Å²) in [5.74, 6) is 0.991. The van der Waals surface area contributed by atoms with E-state index in [1.165, 1.54) is 11.8 Å². The van der Waals surface area contributed by atoms with Crippen LogP contribution >= 0.6 is 11.8 Å². The number of rotatable bonds is 9. The molecule has 2 heterocycles. The van der Waals surface area contributed by atoms with Crippen molar-refractivity contribution in [2.75, 3.05) is 25.8 Å². The largest absolute Gasteiger partial charge is 0.497 e. The monoisotopic (exact) mass is 561 g/mol. The molecule has 40 heavy (non-hydrogen) atoms. The van der Waals surface area contributed by atoms with E-state index in [0.29, 0.717) is 39.4 Å². The molecular weight excluding hydrogens is 534 g/mol. The number of methoxy groups -OCH3 is 1. The highest BCUT2D eigenvalue weighted by molar-refractivity contribution is 8.15. The summed E-state index contributed by atoms with van der Waals surface area (Å²) < 4.78 is 21.1. The minimum Gasteiger partial charge on any atom is -0.497 e. The summed E-state index contributed by atoms with van der Waals surface area (Å²) >= 11 is 1.24. The fraction of sp³-hybridized carbons (Fsp3) is 0.241. The first kappa shape index (κ1) is 27.1. The van der Waals surface area contributed by atoms with E-state index in [-0.39, 0.29) is 38.2 Å². The van der Waals surface area contributed by atoms with Crippen LogP contribution in [0.3, 0.4) is 0 Å². The quantitative estimate of drug-likeness (QED) is 0.372. The van der Waals surface area contributed by atoms with Gasteiger partial charge in [-0.1, -0.05) is 17.8 Å². The smallest absolute Gasteiger partial charge is 0.338 e. The zero-order chi connectivity index (χ0) is 28.1. The third-order valence-corrected chi connectivity index (χ3v) is 7.32. The van der Waals surface area contributed by atoms with Crippen LogP contribution in [0.15, 0.2) is 71.7 Å². The first-order chi connectivity index (χ1) is 19.4. The molecule has 2 amide bonds. The topological polar surface area (TPSA) is 116 Å². The number of nitrogens with one attached hydrogen (secondary N) is 1. The van der Waals surface area contributed by atoms with Crippen LogP contribution in [0.25, 0.3) is 0 Å². The number of benzene rings is 3. The number of fused-ring (bicyclic) bond motifs is 1. The summed E-state index contributed by atoms with van der Waals surface area (Å²) in [6, 6.07) is 19.1. The lowest BCUT2D eigenvalue weighted by Gasteiger charge is -2.17. The molecule has 206 valence electrons. The number of aliphatic imine (C=N–C) groups is 1. The van der Waals surface area contributed by atoms with Gasteiger partial charge in [-0.3, -0.25) is 14.5 Å². The van der Waals surface area contributed by atoms with E-state index in [1.54, 1.807) is 67.5 Å². The molecule has 0 unspecified atom stereocenters. The van der Waals surface area contributed by atoms with E-state index in [2.05, 4.69) is 5.32 Å². The predicted molar refractivity (Wildman–Crippen MR) is 150 cm³/mol. The van der Waals surface area contributed by atoms with Crippen LogP contribution in [-0.4, -0.2) is 53.6 Å². The molecule has 3 aromatic carbocycles. The second-order valence-electron chi connectivity index (χ2n) is 8.86. The zero-order valence-electron chi connectivity index (χ0n) is 21.9. The van der Waals surface area contributed by atoms with Gasteiger partial charge in [0.15, 0.2) is 16.7 Å². The summed E-state index contributed by atoms with van der Waals surface area (Å²) in [4.78, 5) is 44.6. The van der Waals surface area contributed by atoms with Crippen LogP contribution in [-0.2, 0) is 20.9 Å². The minimum atomic E-state index is -0.662. The van der Waals surface area contributed by atoms with Crippen LogP contribution in [0.1, 0.15) is 29.3 Å². The van der Waals surface area contributed by atoms with Crippen molar-refractivity contribution in [2.45, 2.75) is 25.1 Å². The van der Waals surface area contributed by atoms with Crippen LogP contribution in [0.2, 0.25) is 0 Å². The van der Waals surface area contributed by atoms with Crippen molar-refractivity contribution in [3.63, 3.8) is 0 Å². The number of carbonyl (C=O) groups is 3. The van der Waals surface area contributed by atoms with E-state index in [4.69, 9.17) is 23.9 Å². The van der Waals surface area contributed by atoms with E-state index >= 15 is 0 Å². The Kier molecular flexibility index (Phi) is 8.20. The number of nitrogens with zero attached hydrogens (tertiary/aromatic N) is 2. The van der Waals surface area contributed by atoms with Crippen LogP contribution in [0, 0.1) is 0 Å². The molecule has 0 radical (unpaired) electrons. The average molecular weight is 562 g/mol. The number of amidine groups is 1. The van der Waals surface area contributed by atoms with Crippen molar-refractivity contribution in [1.82, 2.24) is 4.90 Å². The molecule has 0 spiro atoms. The Morgan fingerprint density at radius 1 is 1.05 bits per heavy atom. The van der Waals surface area contributed by atoms with Crippen LogP contribution in [0.4, 0.5) is 11.4 Å². The van der Waals surface area contributed by atoms with Gasteiger partial charge in [0.25, 0.3) is 0 Å². The summed E-state index contributed by atoms with van der Waals surface area (Å²) in [7, 11) is 1.59. The summed E-state index contributed by atoms with van der Waals surface area (Å²) in [5, 5.41) is 2.63. The Labute approximate surface area is 235 Å². The summed E-state index contributed by atoms with van der Waals surface area (Å²) in [6.45, 7) is 2.42. The van der Waals surface area contributed by atoms with Crippen molar-refractivity contribution in [3.8, 4) is 17.2 Å². The average Bonchev–Trinajstić information content (AvgIpc) is 3.54. The maximum absolute atomic E-state index is 13.5. The van der Waals surface area contributed by atoms with Crippen molar-refractivity contribution < 1.29 is 33.3 Å². The normalized spacial score (nSPS) is 16.8. The van der Waals surface area contributed by atoms with Crippen molar-refractivity contribution >= 4 is 46.1 Å². The third-order valence-electron chi connectivity index (χ3n) is 6.15. The Hall–Kier alpha value is -4.51. The van der Waals surface area contributed by atoms with Gasteiger partial charge in [0.1, 0.15) is 11.0 Å². The second kappa shape index (κ2) is 12.1. The van der Waals surface area contributed by atoms with E-state index in [0.717, 1.165) is 5.56 Å². The predicted octanol–water partition coefficient (Wildman–Crippen LogP) is 4.76. The molecule has 3 aromatic rings. The molecule has 1 saturated heterocycles. The number of ether oxygens (including phenoxy) is 4. The highest BCUT2D eigenvalue weighted by Gasteiger charge is 2.39. The Balaban J connectivity index is 1.31. The van der Waals surface area contributed by atoms with Gasteiger partial charge < -0.3 is 24.3 Å². The van der Waals surface area contributed by atoms with Crippen LogP contribution in [0.5, 0.6) is 17.2 Å². The summed E-state index contributed by atoms with van der Waals surface area (Å²) in [6.07, 6.45) is -0.0532. The van der Waals surface area contributed by atoms with Crippen LogP contribution < -0.4 is 19.5 Å². The van der Waals surface area contributed by atoms with Gasteiger partial charge in [-0.2, -0.15) is 0 Å². The molecule has 1 N–H and O–H groups in total. The number of hydrogen-bond acceptors (Lipinski definition) is 9. The van der Waals surface area contributed by atoms with E-state index < -0.39 is 11.2 Å². The van der Waals surface area contributed by atoms with Gasteiger partial charge in [-0.25, -0.2) is 9.79 Å². The molecule has 11 heteroatoms. The number of hydrogen-bond donors (Lipinski definition) is 1. The molecule has 0 aliphatic carbocycles. The molecule has 0 aromatic heterocycles. The standard InChI is InChI=1S/C29H27N3O7S/c1-3-37-28(35)19-5-7-20(8-6-19)30-26(33)15-25-27(34)32(16-18-4-13-23-24(14-18)39-17-38-23)29(40-25)31-21-9-11-22(36-2)12-10-21/h4-14,25H,3,15-17H2,1-2H3,(H,30,33)/t25-/m1/s1. The molecule has 10 nitrogen and oxygen atoms in total. The Morgan fingerprint density at radius 3 is 2.52 bits per heavy atom. The van der Waals surface area contributed by atoms with E-state index in [1.807, 2.05) is 18.2 Å². The van der Waals surface area contributed by atoms with Crippen molar-refractivity contribution in [1.29, 1.82) is 0 Å². The first-order valence-corrected chi connectivity index (χ1v) is 13.5. The SMILES string of the molecule is CCOC(=O)c1ccc(NC(=O)C[C@H]2SC(=Nc3ccc(OC)cc3)N(Cc3ccc4c(c3)OCO4)C2=O)cc1. The molecule has 2 aliphatic heterocycles. The van der Waals surface area contributed by atoms with Gasteiger partial charge in [0.2, 0.25) is 18.6 Å². The Morgan fingerprint density at radius 2 is 1.80 bits per heavy atom. The zero-order valence-corrected chi connectivity index (χ0v) is 22.7. The maximum Gasteiger partial charge on any atom is 0.338 e. The molecule has 1 fully saturated rings. The van der Waals surface area contributed by atoms with Crippen molar-refractivity contribution in [2.24, 2.45) is 4.99 Å². The number of carbonyl (C=O) groups excluding carboxylic acids is 3.